The minimum atomic E-state index is -0.135. The maximum Gasteiger partial charge on any atom is 0.314 e. The molecule has 1 unspecified atom stereocenters. The molecular formula is C20H34NO4+. The Bertz CT molecular complexity index is 555. The third-order valence-corrected chi connectivity index (χ3v) is 4.15. The minimum absolute atomic E-state index is 0.0880. The fourth-order valence-electron chi connectivity index (χ4n) is 2.88. The van der Waals surface area contributed by atoms with E-state index < -0.39 is 0 Å². The van der Waals surface area contributed by atoms with Crippen LogP contribution in [0.5, 0.6) is 11.5 Å². The van der Waals surface area contributed by atoms with Gasteiger partial charge in [-0.3, -0.25) is 4.79 Å². The maximum atomic E-state index is 11.9. The topological polar surface area (TPSA) is 44.8 Å². The van der Waals surface area contributed by atoms with Crippen molar-refractivity contribution >= 4 is 5.97 Å². The van der Waals surface area contributed by atoms with Crippen LogP contribution in [0.1, 0.15) is 32.8 Å². The molecule has 0 aliphatic rings. The van der Waals surface area contributed by atoms with Gasteiger partial charge >= 0.3 is 5.97 Å². The van der Waals surface area contributed by atoms with Gasteiger partial charge in [0.1, 0.15) is 12.5 Å². The van der Waals surface area contributed by atoms with Crippen LogP contribution in [0.3, 0.4) is 0 Å². The first-order chi connectivity index (χ1) is 11.7. The summed E-state index contributed by atoms with van der Waals surface area (Å²) < 4.78 is 16.9. The van der Waals surface area contributed by atoms with Gasteiger partial charge in [0.2, 0.25) is 0 Å². The summed E-state index contributed by atoms with van der Waals surface area (Å²) in [5.41, 5.74) is 1.16. The molecule has 0 radical (unpaired) electrons. The average Bonchev–Trinajstić information content (AvgIpc) is 2.56. The molecule has 5 nitrogen and oxygen atoms in total. The van der Waals surface area contributed by atoms with Gasteiger partial charge in [-0.25, -0.2) is 0 Å². The first-order valence-corrected chi connectivity index (χ1v) is 8.92. The minimum Gasteiger partial charge on any atom is -0.493 e. The van der Waals surface area contributed by atoms with Crippen molar-refractivity contribution in [2.45, 2.75) is 33.7 Å². The molecule has 1 aromatic carbocycles. The van der Waals surface area contributed by atoms with Gasteiger partial charge in [0, 0.05) is 5.56 Å². The van der Waals surface area contributed by atoms with E-state index in [2.05, 4.69) is 34.0 Å². The third-order valence-electron chi connectivity index (χ3n) is 4.15. The van der Waals surface area contributed by atoms with Crippen LogP contribution in [0.2, 0.25) is 0 Å². The number of esters is 1. The number of carbonyl (C=O) groups excluding carboxylic acids is 1. The van der Waals surface area contributed by atoms with Crippen LogP contribution >= 0.6 is 0 Å². The van der Waals surface area contributed by atoms with Crippen molar-refractivity contribution in [3.05, 3.63) is 23.8 Å². The SMILES string of the molecule is CCC(C[N+](C)(C)Cc1ccc(OC)c(OCC(C)C)c1)C(=O)OC. The van der Waals surface area contributed by atoms with Crippen molar-refractivity contribution in [2.75, 3.05) is 41.5 Å². The van der Waals surface area contributed by atoms with E-state index in [-0.39, 0.29) is 11.9 Å². The predicted molar refractivity (Wildman–Crippen MR) is 99.8 cm³/mol. The molecule has 142 valence electrons. The van der Waals surface area contributed by atoms with Gasteiger partial charge in [0.15, 0.2) is 11.5 Å². The van der Waals surface area contributed by atoms with Crippen LogP contribution < -0.4 is 9.47 Å². The summed E-state index contributed by atoms with van der Waals surface area (Å²) in [4.78, 5) is 11.9. The molecular weight excluding hydrogens is 318 g/mol. The number of hydrogen-bond donors (Lipinski definition) is 0. The molecule has 0 aromatic heterocycles. The summed E-state index contributed by atoms with van der Waals surface area (Å²) in [6.07, 6.45) is 0.777. The highest BCUT2D eigenvalue weighted by atomic mass is 16.5. The zero-order chi connectivity index (χ0) is 19.0. The first-order valence-electron chi connectivity index (χ1n) is 8.92. The van der Waals surface area contributed by atoms with Crippen LogP contribution in [0.4, 0.5) is 0 Å². The van der Waals surface area contributed by atoms with Crippen molar-refractivity contribution in [1.82, 2.24) is 0 Å². The zero-order valence-corrected chi connectivity index (χ0v) is 16.8. The molecule has 0 spiro atoms. The molecule has 5 heteroatoms. The molecule has 0 heterocycles. The Morgan fingerprint density at radius 3 is 2.36 bits per heavy atom. The molecule has 0 bridgehead atoms. The number of methoxy groups -OCH3 is 2. The molecule has 0 amide bonds. The van der Waals surface area contributed by atoms with Gasteiger partial charge in [0.25, 0.3) is 0 Å². The summed E-state index contributed by atoms with van der Waals surface area (Å²) in [7, 11) is 7.36. The summed E-state index contributed by atoms with van der Waals surface area (Å²) >= 11 is 0. The third kappa shape index (κ3) is 6.94. The van der Waals surface area contributed by atoms with Crippen LogP contribution in [0, 0.1) is 11.8 Å². The van der Waals surface area contributed by atoms with Crippen molar-refractivity contribution in [3.8, 4) is 11.5 Å². The molecule has 0 aliphatic carbocycles. The smallest absolute Gasteiger partial charge is 0.314 e. The van der Waals surface area contributed by atoms with Gasteiger partial charge in [-0.2, -0.15) is 0 Å². The lowest BCUT2D eigenvalue weighted by molar-refractivity contribution is -0.906. The Morgan fingerprint density at radius 2 is 1.84 bits per heavy atom. The number of ether oxygens (including phenoxy) is 3. The molecule has 0 saturated carbocycles. The zero-order valence-electron chi connectivity index (χ0n) is 16.8. The van der Waals surface area contributed by atoms with Crippen molar-refractivity contribution in [1.29, 1.82) is 0 Å². The van der Waals surface area contributed by atoms with E-state index in [1.54, 1.807) is 7.11 Å². The van der Waals surface area contributed by atoms with E-state index in [1.165, 1.54) is 7.11 Å². The molecule has 0 N–H and O–H groups in total. The lowest BCUT2D eigenvalue weighted by Crippen LogP contribution is -2.44. The van der Waals surface area contributed by atoms with Crippen LogP contribution in [0.15, 0.2) is 18.2 Å². The van der Waals surface area contributed by atoms with Gasteiger partial charge in [-0.1, -0.05) is 20.8 Å². The maximum absolute atomic E-state index is 11.9. The van der Waals surface area contributed by atoms with Crippen LogP contribution in [-0.4, -0.2) is 51.9 Å². The summed E-state index contributed by atoms with van der Waals surface area (Å²) in [6.45, 7) is 8.44. The van der Waals surface area contributed by atoms with E-state index in [0.29, 0.717) is 17.0 Å². The Kier molecular flexibility index (Phi) is 8.23. The Labute approximate surface area is 152 Å². The number of benzene rings is 1. The first kappa shape index (κ1) is 21.3. The summed E-state index contributed by atoms with van der Waals surface area (Å²) in [5.74, 6) is 1.75. The quantitative estimate of drug-likeness (QED) is 0.477. The second-order valence-corrected chi connectivity index (χ2v) is 7.59. The monoisotopic (exact) mass is 352 g/mol. The standard InChI is InChI=1S/C20H34NO4/c1-8-17(20(22)24-7)13-21(4,5)12-16-9-10-18(23-6)19(11-16)25-14-15(2)3/h9-11,15,17H,8,12-14H2,1-7H3/q+1. The second-order valence-electron chi connectivity index (χ2n) is 7.59. The highest BCUT2D eigenvalue weighted by Gasteiger charge is 2.27. The van der Waals surface area contributed by atoms with Gasteiger partial charge in [0.05, 0.1) is 41.5 Å². The van der Waals surface area contributed by atoms with Gasteiger partial charge in [-0.05, 0) is 30.5 Å². The number of hydrogen-bond acceptors (Lipinski definition) is 4. The normalized spacial score (nSPS) is 12.8. The Morgan fingerprint density at radius 1 is 1.16 bits per heavy atom. The second kappa shape index (κ2) is 9.66. The molecule has 25 heavy (non-hydrogen) atoms. The Balaban J connectivity index is 2.89. The number of rotatable bonds is 10. The highest BCUT2D eigenvalue weighted by Crippen LogP contribution is 2.29. The van der Waals surface area contributed by atoms with Gasteiger partial charge in [-0.15, -0.1) is 0 Å². The largest absolute Gasteiger partial charge is 0.493 e. The molecule has 1 rings (SSSR count). The van der Waals surface area contributed by atoms with Crippen LogP contribution in [-0.2, 0) is 16.1 Å². The van der Waals surface area contributed by atoms with Crippen molar-refractivity contribution in [3.63, 3.8) is 0 Å². The average molecular weight is 352 g/mol. The lowest BCUT2D eigenvalue weighted by atomic mass is 10.0. The van der Waals surface area contributed by atoms with E-state index in [1.807, 2.05) is 19.1 Å². The number of quaternary nitrogens is 1. The van der Waals surface area contributed by atoms with E-state index in [9.17, 15) is 4.79 Å². The van der Waals surface area contributed by atoms with E-state index >= 15 is 0 Å². The lowest BCUT2D eigenvalue weighted by Gasteiger charge is -2.32. The predicted octanol–water partition coefficient (Wildman–Crippen LogP) is 3.51. The van der Waals surface area contributed by atoms with Crippen molar-refractivity contribution in [2.24, 2.45) is 11.8 Å². The molecule has 0 saturated heterocycles. The molecule has 1 atom stereocenters. The summed E-state index contributed by atoms with van der Waals surface area (Å²) in [5, 5.41) is 0. The fraction of sp³-hybridized carbons (Fsp3) is 0.650. The summed E-state index contributed by atoms with van der Waals surface area (Å²) in [6, 6.07) is 6.04. The Hall–Kier alpha value is -1.75. The van der Waals surface area contributed by atoms with E-state index in [0.717, 1.165) is 36.6 Å². The van der Waals surface area contributed by atoms with Crippen LogP contribution in [0.25, 0.3) is 0 Å². The fourth-order valence-corrected chi connectivity index (χ4v) is 2.88. The number of carbonyl (C=O) groups is 1. The number of nitrogens with zero attached hydrogens (tertiary/aromatic N) is 1. The molecule has 0 aliphatic heterocycles. The van der Waals surface area contributed by atoms with Crippen molar-refractivity contribution < 1.29 is 23.5 Å². The molecule has 1 aromatic rings. The van der Waals surface area contributed by atoms with E-state index in [4.69, 9.17) is 14.2 Å². The van der Waals surface area contributed by atoms with Gasteiger partial charge < -0.3 is 18.7 Å². The molecule has 0 fully saturated rings. The highest BCUT2D eigenvalue weighted by molar-refractivity contribution is 5.72.